The van der Waals surface area contributed by atoms with Gasteiger partial charge in [0.25, 0.3) is 0 Å². The highest BCUT2D eigenvalue weighted by Gasteiger charge is 2.43. The van der Waals surface area contributed by atoms with Crippen molar-refractivity contribution in [3.05, 3.63) is 52.5 Å². The van der Waals surface area contributed by atoms with Crippen molar-refractivity contribution in [3.63, 3.8) is 0 Å². The molecule has 0 aliphatic carbocycles. The van der Waals surface area contributed by atoms with Crippen molar-refractivity contribution in [1.82, 2.24) is 30.7 Å². The molecule has 4 amide bonds. The Bertz CT molecular complexity index is 1460. The van der Waals surface area contributed by atoms with Crippen molar-refractivity contribution in [1.29, 1.82) is 0 Å². The lowest BCUT2D eigenvalue weighted by molar-refractivity contribution is -0.144. The number of benzene rings is 1. The highest BCUT2D eigenvalue weighted by Crippen LogP contribution is 2.31. The first kappa shape index (κ1) is 45.2. The van der Waals surface area contributed by atoms with E-state index in [-0.39, 0.29) is 65.9 Å². The fraction of sp³-hybridized carbons (Fsp3) is 0.683. The molecular formula is C41H66N6O6S. The highest BCUT2D eigenvalue weighted by molar-refractivity contribution is 7.09. The first-order valence-electron chi connectivity index (χ1n) is 19.5. The number of imide groups is 1. The molecule has 1 aromatic heterocycles. The van der Waals surface area contributed by atoms with Crippen LogP contribution in [0.1, 0.15) is 90.8 Å². The van der Waals surface area contributed by atoms with E-state index in [9.17, 15) is 19.2 Å². The standard InChI is InChI=1S/C41H66N6O6S/c1-12-27(6)36(46(9)35(26(4)5)40(51)45-39(50)34(42-8)25(2)3)32(52-10)24-33(48)47-21-16-19-31(47)37(53-11)28(7)38(49)44-30(41-43-20-22-54-41)23-29-17-14-13-15-18-29/h13-15,17-18,20,22,25-28,30-32,34-37,42H,12,16,19,21,23-24H2,1-11H3,(H,44,49)(H,45,50,51)/t27-,28+,30-,31-,32+,34-,35-,36-,37+/m0/s1. The monoisotopic (exact) mass is 770 g/mol. The molecule has 302 valence electrons. The molecule has 2 heterocycles. The zero-order valence-corrected chi connectivity index (χ0v) is 35.2. The number of carbonyl (C=O) groups excluding carboxylic acids is 4. The second-order valence-electron chi connectivity index (χ2n) is 15.5. The number of amides is 4. The van der Waals surface area contributed by atoms with E-state index in [1.807, 2.05) is 87.2 Å². The molecule has 1 aliphatic heterocycles. The third-order valence-corrected chi connectivity index (χ3v) is 12.0. The Morgan fingerprint density at radius 1 is 0.981 bits per heavy atom. The van der Waals surface area contributed by atoms with Gasteiger partial charge in [0.05, 0.1) is 48.7 Å². The molecule has 3 N–H and O–H groups in total. The SMILES string of the molecule is CC[C@H](C)[C@@H]([C@@H](CC(=O)N1CCC[C@H]1[C@H](OC)[C@@H](C)C(=O)N[C@@H](Cc1ccccc1)c1nccs1)OC)N(C)[C@H](C(=O)NC(=O)[C@@H](NC)C(C)C)C(C)C. The molecule has 2 aromatic rings. The average Bonchev–Trinajstić information content (AvgIpc) is 3.85. The zero-order valence-electron chi connectivity index (χ0n) is 34.3. The largest absolute Gasteiger partial charge is 0.379 e. The van der Waals surface area contributed by atoms with Gasteiger partial charge in [-0.3, -0.25) is 29.4 Å². The number of likely N-dealkylation sites (N-methyl/N-ethyl adjacent to an activating group) is 2. The Balaban J connectivity index is 1.79. The van der Waals surface area contributed by atoms with Crippen LogP contribution in [-0.2, 0) is 35.1 Å². The van der Waals surface area contributed by atoms with Crippen LogP contribution in [0.5, 0.6) is 0 Å². The van der Waals surface area contributed by atoms with Crippen LogP contribution >= 0.6 is 11.3 Å². The van der Waals surface area contributed by atoms with Crippen molar-refractivity contribution < 1.29 is 28.7 Å². The van der Waals surface area contributed by atoms with Crippen LogP contribution in [0.2, 0.25) is 0 Å². The predicted octanol–water partition coefficient (Wildman–Crippen LogP) is 4.85. The van der Waals surface area contributed by atoms with E-state index in [1.165, 1.54) is 11.3 Å². The molecule has 1 fully saturated rings. The number of aromatic nitrogens is 1. The van der Waals surface area contributed by atoms with Crippen molar-refractivity contribution in [2.45, 2.75) is 123 Å². The Kier molecular flexibility index (Phi) is 18.2. The van der Waals surface area contributed by atoms with Crippen molar-refractivity contribution in [2.24, 2.45) is 23.7 Å². The minimum atomic E-state index is -0.641. The van der Waals surface area contributed by atoms with Gasteiger partial charge in [0.1, 0.15) is 5.01 Å². The third kappa shape index (κ3) is 11.6. The molecule has 0 radical (unpaired) electrons. The lowest BCUT2D eigenvalue weighted by Crippen LogP contribution is -2.60. The van der Waals surface area contributed by atoms with Gasteiger partial charge in [-0.1, -0.05) is 85.2 Å². The van der Waals surface area contributed by atoms with Crippen LogP contribution in [-0.4, -0.2) is 110 Å². The van der Waals surface area contributed by atoms with Crippen LogP contribution in [0.3, 0.4) is 0 Å². The van der Waals surface area contributed by atoms with Crippen LogP contribution in [0.15, 0.2) is 41.9 Å². The first-order chi connectivity index (χ1) is 25.7. The number of likely N-dealkylation sites (tertiary alicyclic amines) is 1. The molecule has 3 rings (SSSR count). The Hall–Kier alpha value is -3.23. The fourth-order valence-corrected chi connectivity index (χ4v) is 8.82. The van der Waals surface area contributed by atoms with Gasteiger partial charge < -0.3 is 25.0 Å². The summed E-state index contributed by atoms with van der Waals surface area (Å²) in [6, 6.07) is 7.97. The van der Waals surface area contributed by atoms with Crippen LogP contribution in [0.4, 0.5) is 0 Å². The summed E-state index contributed by atoms with van der Waals surface area (Å²) in [5.74, 6) is -1.59. The number of carbonyl (C=O) groups is 4. The molecular weight excluding hydrogens is 705 g/mol. The maximum Gasteiger partial charge on any atom is 0.244 e. The molecule has 13 heteroatoms. The van der Waals surface area contributed by atoms with E-state index < -0.39 is 30.2 Å². The zero-order chi connectivity index (χ0) is 40.1. The minimum Gasteiger partial charge on any atom is -0.379 e. The summed E-state index contributed by atoms with van der Waals surface area (Å²) in [5.41, 5.74) is 1.10. The topological polar surface area (TPSA) is 142 Å². The number of methoxy groups -OCH3 is 2. The number of nitrogens with zero attached hydrogens (tertiary/aromatic N) is 3. The maximum absolute atomic E-state index is 14.3. The maximum atomic E-state index is 14.3. The highest BCUT2D eigenvalue weighted by atomic mass is 32.1. The molecule has 1 aromatic carbocycles. The molecule has 12 nitrogen and oxygen atoms in total. The number of nitrogens with one attached hydrogen (secondary N) is 3. The van der Waals surface area contributed by atoms with Gasteiger partial charge in [-0.05, 0) is 56.7 Å². The fourth-order valence-electron chi connectivity index (χ4n) is 8.14. The first-order valence-corrected chi connectivity index (χ1v) is 20.4. The number of thiazole rings is 1. The van der Waals surface area contributed by atoms with E-state index >= 15 is 0 Å². The van der Waals surface area contributed by atoms with Gasteiger partial charge in [-0.2, -0.15) is 0 Å². The number of rotatable bonds is 21. The van der Waals surface area contributed by atoms with E-state index in [2.05, 4.69) is 34.8 Å². The molecule has 0 unspecified atom stereocenters. The van der Waals surface area contributed by atoms with E-state index in [0.717, 1.165) is 23.4 Å². The predicted molar refractivity (Wildman–Crippen MR) is 214 cm³/mol. The van der Waals surface area contributed by atoms with E-state index in [4.69, 9.17) is 9.47 Å². The summed E-state index contributed by atoms with van der Waals surface area (Å²) >= 11 is 1.51. The Labute approximate surface area is 327 Å². The van der Waals surface area contributed by atoms with Crippen molar-refractivity contribution in [2.75, 3.05) is 34.9 Å². The van der Waals surface area contributed by atoms with Gasteiger partial charge in [0.2, 0.25) is 23.6 Å². The van der Waals surface area contributed by atoms with Gasteiger partial charge in [-0.25, -0.2) is 4.98 Å². The quantitative estimate of drug-likeness (QED) is 0.163. The number of hydrogen-bond donors (Lipinski definition) is 3. The summed E-state index contributed by atoms with van der Waals surface area (Å²) in [5, 5.41) is 11.6. The van der Waals surface area contributed by atoms with Crippen LogP contribution in [0, 0.1) is 23.7 Å². The molecule has 54 heavy (non-hydrogen) atoms. The lowest BCUT2D eigenvalue weighted by Gasteiger charge is -2.43. The second-order valence-corrected chi connectivity index (χ2v) is 16.4. The minimum absolute atomic E-state index is 0.000604. The molecule has 1 aliphatic rings. The summed E-state index contributed by atoms with van der Waals surface area (Å²) in [4.78, 5) is 63.4. The summed E-state index contributed by atoms with van der Waals surface area (Å²) in [6.45, 7) is 14.4. The number of ether oxygens (including phenoxy) is 2. The lowest BCUT2D eigenvalue weighted by atomic mass is 9.87. The smallest absolute Gasteiger partial charge is 0.244 e. The number of hydrogen-bond acceptors (Lipinski definition) is 10. The molecule has 0 spiro atoms. The summed E-state index contributed by atoms with van der Waals surface area (Å²) in [6.07, 6.45) is 3.67. The van der Waals surface area contributed by atoms with E-state index in [0.29, 0.717) is 19.4 Å². The third-order valence-electron chi connectivity index (χ3n) is 11.1. The molecule has 0 saturated carbocycles. The molecule has 1 saturated heterocycles. The van der Waals surface area contributed by atoms with Crippen molar-refractivity contribution in [3.8, 4) is 0 Å². The Morgan fingerprint density at radius 3 is 2.20 bits per heavy atom. The van der Waals surface area contributed by atoms with Gasteiger partial charge in [0, 0.05) is 38.4 Å². The summed E-state index contributed by atoms with van der Waals surface area (Å²) < 4.78 is 12.1. The molecule has 0 bridgehead atoms. The second kappa shape index (κ2) is 21.8. The van der Waals surface area contributed by atoms with Crippen LogP contribution in [0.25, 0.3) is 0 Å². The summed E-state index contributed by atoms with van der Waals surface area (Å²) in [7, 11) is 6.80. The van der Waals surface area contributed by atoms with Crippen LogP contribution < -0.4 is 16.0 Å². The van der Waals surface area contributed by atoms with E-state index in [1.54, 1.807) is 27.5 Å². The Morgan fingerprint density at radius 2 is 1.67 bits per heavy atom. The van der Waals surface area contributed by atoms with Gasteiger partial charge >= 0.3 is 0 Å². The van der Waals surface area contributed by atoms with Gasteiger partial charge in [-0.15, -0.1) is 11.3 Å². The molecule has 9 atom stereocenters. The van der Waals surface area contributed by atoms with Gasteiger partial charge in [0.15, 0.2) is 0 Å². The van der Waals surface area contributed by atoms with Crippen molar-refractivity contribution >= 4 is 35.0 Å². The average molecular weight is 771 g/mol. The normalized spacial score (nSPS) is 19.2.